The van der Waals surface area contributed by atoms with Crippen molar-refractivity contribution in [2.75, 3.05) is 7.11 Å². The van der Waals surface area contributed by atoms with E-state index in [2.05, 4.69) is 21.7 Å². The molecule has 1 N–H and O–H groups in total. The number of benzene rings is 2. The van der Waals surface area contributed by atoms with E-state index >= 15 is 0 Å². The van der Waals surface area contributed by atoms with Gasteiger partial charge in [0.25, 0.3) is 5.56 Å². The van der Waals surface area contributed by atoms with Gasteiger partial charge in [-0.1, -0.05) is 42.5 Å². The van der Waals surface area contributed by atoms with E-state index in [0.29, 0.717) is 11.9 Å². The first-order valence-electron chi connectivity index (χ1n) is 7.50. The molecule has 0 fully saturated rings. The summed E-state index contributed by atoms with van der Waals surface area (Å²) in [5.74, 6) is 0.772. The number of hydrogen-bond acceptors (Lipinski definition) is 2. The van der Waals surface area contributed by atoms with Crippen molar-refractivity contribution in [1.82, 2.24) is 9.55 Å². The Morgan fingerprint density at radius 3 is 2.65 bits per heavy atom. The molecular formula is C19H16N2O2. The zero-order chi connectivity index (χ0) is 15.8. The van der Waals surface area contributed by atoms with Gasteiger partial charge in [0.1, 0.15) is 5.75 Å². The van der Waals surface area contributed by atoms with E-state index in [1.54, 1.807) is 13.3 Å². The highest BCUT2D eigenvalue weighted by molar-refractivity contribution is 6.09. The normalized spacial score (nSPS) is 11.2. The largest absolute Gasteiger partial charge is 0.495 e. The predicted molar refractivity (Wildman–Crippen MR) is 92.2 cm³/mol. The Bertz CT molecular complexity index is 1050. The number of pyridine rings is 1. The van der Waals surface area contributed by atoms with Gasteiger partial charge >= 0.3 is 0 Å². The molecule has 0 spiro atoms. The second-order valence-electron chi connectivity index (χ2n) is 5.50. The summed E-state index contributed by atoms with van der Waals surface area (Å²) in [6, 6.07) is 18.0. The van der Waals surface area contributed by atoms with Crippen molar-refractivity contribution in [2.45, 2.75) is 6.54 Å². The minimum absolute atomic E-state index is 0.0763. The van der Waals surface area contributed by atoms with Crippen LogP contribution in [-0.4, -0.2) is 16.7 Å². The van der Waals surface area contributed by atoms with E-state index in [-0.39, 0.29) is 5.56 Å². The van der Waals surface area contributed by atoms with Gasteiger partial charge in [-0.25, -0.2) is 0 Å². The molecule has 2 aromatic heterocycles. The second-order valence-corrected chi connectivity index (χ2v) is 5.50. The molecule has 0 saturated heterocycles. The number of fused-ring (bicyclic) bond motifs is 3. The maximum absolute atomic E-state index is 12.3. The van der Waals surface area contributed by atoms with Gasteiger partial charge in [-0.15, -0.1) is 0 Å². The molecule has 0 aliphatic carbocycles. The zero-order valence-electron chi connectivity index (χ0n) is 12.7. The van der Waals surface area contributed by atoms with E-state index in [1.165, 1.54) is 5.56 Å². The number of para-hydroxylation sites is 1. The highest BCUT2D eigenvalue weighted by atomic mass is 16.5. The Kier molecular flexibility index (Phi) is 3.15. The van der Waals surface area contributed by atoms with Gasteiger partial charge in [0.15, 0.2) is 0 Å². The van der Waals surface area contributed by atoms with E-state index in [9.17, 15) is 4.79 Å². The summed E-state index contributed by atoms with van der Waals surface area (Å²) in [4.78, 5) is 15.1. The number of rotatable bonds is 3. The maximum Gasteiger partial charge on any atom is 0.258 e. The Morgan fingerprint density at radius 2 is 1.87 bits per heavy atom. The van der Waals surface area contributed by atoms with Crippen LogP contribution < -0.4 is 10.3 Å². The number of ether oxygens (including phenoxy) is 1. The molecule has 0 aliphatic heterocycles. The van der Waals surface area contributed by atoms with Gasteiger partial charge in [-0.05, 0) is 17.7 Å². The van der Waals surface area contributed by atoms with Crippen molar-refractivity contribution in [2.24, 2.45) is 0 Å². The topological polar surface area (TPSA) is 47.0 Å². The zero-order valence-corrected chi connectivity index (χ0v) is 12.7. The molecule has 4 heteroatoms. The van der Waals surface area contributed by atoms with Crippen LogP contribution in [0.5, 0.6) is 5.75 Å². The number of nitrogens with zero attached hydrogens (tertiary/aromatic N) is 1. The van der Waals surface area contributed by atoms with Gasteiger partial charge in [0.05, 0.1) is 23.5 Å². The summed E-state index contributed by atoms with van der Waals surface area (Å²) in [5.41, 5.74) is 2.97. The van der Waals surface area contributed by atoms with Crippen LogP contribution in [0.25, 0.3) is 21.8 Å². The van der Waals surface area contributed by atoms with Crippen LogP contribution in [0.3, 0.4) is 0 Å². The minimum Gasteiger partial charge on any atom is -0.495 e. The molecule has 0 bridgehead atoms. The fraction of sp³-hybridized carbons (Fsp3) is 0.105. The van der Waals surface area contributed by atoms with E-state index in [4.69, 9.17) is 4.74 Å². The summed E-state index contributed by atoms with van der Waals surface area (Å²) >= 11 is 0. The summed E-state index contributed by atoms with van der Waals surface area (Å²) in [7, 11) is 1.66. The minimum atomic E-state index is -0.0763. The Balaban J connectivity index is 2.11. The lowest BCUT2D eigenvalue weighted by molar-refractivity contribution is 0.417. The number of aromatic amines is 1. The number of nitrogens with one attached hydrogen (secondary N) is 1. The molecule has 4 rings (SSSR count). The van der Waals surface area contributed by atoms with Gasteiger partial charge < -0.3 is 14.3 Å². The average molecular weight is 304 g/mol. The summed E-state index contributed by atoms with van der Waals surface area (Å²) in [6.07, 6.45) is 1.69. The monoisotopic (exact) mass is 304 g/mol. The lowest BCUT2D eigenvalue weighted by Crippen LogP contribution is -2.05. The van der Waals surface area contributed by atoms with Crippen molar-refractivity contribution in [3.05, 3.63) is 76.7 Å². The van der Waals surface area contributed by atoms with Crippen molar-refractivity contribution in [1.29, 1.82) is 0 Å². The first-order chi connectivity index (χ1) is 11.3. The highest BCUT2D eigenvalue weighted by Crippen LogP contribution is 2.33. The smallest absolute Gasteiger partial charge is 0.258 e. The van der Waals surface area contributed by atoms with Crippen LogP contribution in [0.1, 0.15) is 5.56 Å². The van der Waals surface area contributed by atoms with E-state index in [1.807, 2.05) is 42.5 Å². The fourth-order valence-corrected chi connectivity index (χ4v) is 3.17. The van der Waals surface area contributed by atoms with Crippen LogP contribution in [-0.2, 0) is 6.54 Å². The van der Waals surface area contributed by atoms with Gasteiger partial charge in [0, 0.05) is 18.1 Å². The quantitative estimate of drug-likeness (QED) is 0.629. The number of hydrogen-bond donors (Lipinski definition) is 1. The van der Waals surface area contributed by atoms with Crippen LogP contribution in [0, 0.1) is 0 Å². The molecule has 23 heavy (non-hydrogen) atoms. The number of H-pyrrole nitrogens is 1. The lowest BCUT2D eigenvalue weighted by atomic mass is 10.2. The Morgan fingerprint density at radius 1 is 1.04 bits per heavy atom. The lowest BCUT2D eigenvalue weighted by Gasteiger charge is -2.10. The van der Waals surface area contributed by atoms with Crippen molar-refractivity contribution in [3.63, 3.8) is 0 Å². The summed E-state index contributed by atoms with van der Waals surface area (Å²) < 4.78 is 7.69. The van der Waals surface area contributed by atoms with Gasteiger partial charge in [-0.3, -0.25) is 4.79 Å². The molecule has 2 aromatic carbocycles. The molecule has 0 aliphatic rings. The fourth-order valence-electron chi connectivity index (χ4n) is 3.17. The van der Waals surface area contributed by atoms with Gasteiger partial charge in [-0.2, -0.15) is 0 Å². The van der Waals surface area contributed by atoms with Crippen molar-refractivity contribution >= 4 is 21.8 Å². The Hall–Kier alpha value is -3.01. The molecule has 4 nitrogen and oxygen atoms in total. The summed E-state index contributed by atoms with van der Waals surface area (Å²) in [5, 5.41) is 1.62. The molecule has 2 heterocycles. The van der Waals surface area contributed by atoms with E-state index in [0.717, 1.165) is 22.2 Å². The molecule has 114 valence electrons. The average Bonchev–Trinajstić information content (AvgIpc) is 2.91. The number of methoxy groups -OCH3 is 1. The van der Waals surface area contributed by atoms with E-state index < -0.39 is 0 Å². The standard InChI is InChI=1S/C19H16N2O2/c1-23-16-9-5-8-14-17-15(10-11-20-19(17)22)21(18(14)16)12-13-6-3-2-4-7-13/h2-11H,12H2,1H3,(H,20,22). The molecule has 0 amide bonds. The third-order valence-electron chi connectivity index (χ3n) is 4.17. The van der Waals surface area contributed by atoms with Crippen LogP contribution >= 0.6 is 0 Å². The predicted octanol–water partition coefficient (Wildman–Crippen LogP) is 3.54. The third kappa shape index (κ3) is 2.11. The maximum atomic E-state index is 12.3. The van der Waals surface area contributed by atoms with Gasteiger partial charge in [0.2, 0.25) is 0 Å². The SMILES string of the molecule is COc1cccc2c3c(=O)[nH]ccc3n(Cc3ccccc3)c12. The molecule has 0 atom stereocenters. The van der Waals surface area contributed by atoms with Crippen LogP contribution in [0.2, 0.25) is 0 Å². The first-order valence-corrected chi connectivity index (χ1v) is 7.50. The Labute approximate surface area is 132 Å². The first kappa shape index (κ1) is 13.6. The van der Waals surface area contributed by atoms with Crippen molar-refractivity contribution in [3.8, 4) is 5.75 Å². The van der Waals surface area contributed by atoms with Crippen LogP contribution in [0.4, 0.5) is 0 Å². The highest BCUT2D eigenvalue weighted by Gasteiger charge is 2.16. The molecule has 0 unspecified atom stereocenters. The molecule has 4 aromatic rings. The number of aromatic nitrogens is 2. The second kappa shape index (κ2) is 5.32. The van der Waals surface area contributed by atoms with Crippen molar-refractivity contribution < 1.29 is 4.74 Å². The molecular weight excluding hydrogens is 288 g/mol. The van der Waals surface area contributed by atoms with Crippen LogP contribution in [0.15, 0.2) is 65.6 Å². The molecule has 0 saturated carbocycles. The molecule has 0 radical (unpaired) electrons. The third-order valence-corrected chi connectivity index (χ3v) is 4.17. The summed E-state index contributed by atoms with van der Waals surface area (Å²) in [6.45, 7) is 0.685.